The summed E-state index contributed by atoms with van der Waals surface area (Å²) in [4.78, 5) is 33.3. The zero-order chi connectivity index (χ0) is 22.7. The van der Waals surface area contributed by atoms with E-state index in [-0.39, 0.29) is 23.7 Å². The Morgan fingerprint density at radius 2 is 1.77 bits per heavy atom. The molecule has 1 heterocycles. The number of aromatic nitrogens is 2. The maximum Gasteiger partial charge on any atom is 0.281 e. The Bertz CT molecular complexity index is 1160. The maximum atomic E-state index is 12.5. The van der Waals surface area contributed by atoms with Crippen LogP contribution >= 0.6 is 11.6 Å². The van der Waals surface area contributed by atoms with Gasteiger partial charge in [-0.05, 0) is 43.7 Å². The fourth-order valence-corrected chi connectivity index (χ4v) is 3.02. The number of nitro groups is 2. The molecule has 3 aromatic rings. The first kappa shape index (κ1) is 21.7. The predicted molar refractivity (Wildman–Crippen MR) is 111 cm³/mol. The fourth-order valence-electron chi connectivity index (χ4n) is 2.80. The zero-order valence-electron chi connectivity index (χ0n) is 16.4. The van der Waals surface area contributed by atoms with Gasteiger partial charge in [0.2, 0.25) is 0 Å². The Hall–Kier alpha value is -3.99. The first-order valence-corrected chi connectivity index (χ1v) is 9.20. The lowest BCUT2D eigenvalue weighted by Crippen LogP contribution is -2.15. The number of aryl methyl sites for hydroxylation is 1. The van der Waals surface area contributed by atoms with Gasteiger partial charge in [0.05, 0.1) is 15.5 Å². The molecule has 0 bridgehead atoms. The van der Waals surface area contributed by atoms with Crippen LogP contribution in [0.2, 0.25) is 5.02 Å². The predicted octanol–water partition coefficient (Wildman–Crippen LogP) is 4.26. The number of nitro benzene ring substituents is 2. The van der Waals surface area contributed by atoms with Gasteiger partial charge in [-0.1, -0.05) is 11.6 Å². The number of carbonyl (C=O) groups excluding carboxylic acids is 1. The first-order chi connectivity index (χ1) is 14.7. The Labute approximate surface area is 180 Å². The number of carbonyl (C=O) groups is 1. The lowest BCUT2D eigenvalue weighted by molar-refractivity contribution is -0.395. The molecule has 0 spiro atoms. The number of hydrogen-bond donors (Lipinski definition) is 1. The second-order valence-electron chi connectivity index (χ2n) is 6.53. The van der Waals surface area contributed by atoms with Gasteiger partial charge in [0.25, 0.3) is 17.3 Å². The average Bonchev–Trinajstić information content (AvgIpc) is 3.17. The van der Waals surface area contributed by atoms with Gasteiger partial charge in [-0.2, -0.15) is 5.10 Å². The summed E-state index contributed by atoms with van der Waals surface area (Å²) in [6, 6.07) is 8.69. The van der Waals surface area contributed by atoms with Crippen molar-refractivity contribution in [1.29, 1.82) is 0 Å². The maximum absolute atomic E-state index is 12.5. The van der Waals surface area contributed by atoms with Gasteiger partial charge in [-0.15, -0.1) is 0 Å². The van der Waals surface area contributed by atoms with E-state index < -0.39 is 27.1 Å². The molecule has 0 aliphatic carbocycles. The molecule has 1 amide bonds. The van der Waals surface area contributed by atoms with E-state index in [0.717, 1.165) is 17.7 Å². The van der Waals surface area contributed by atoms with Crippen molar-refractivity contribution in [1.82, 2.24) is 9.78 Å². The molecule has 0 radical (unpaired) electrons. The van der Waals surface area contributed by atoms with Crippen LogP contribution in [0.1, 0.15) is 21.6 Å². The lowest BCUT2D eigenvalue weighted by Gasteiger charge is -2.09. The molecule has 0 saturated heterocycles. The number of rotatable bonds is 7. The van der Waals surface area contributed by atoms with Crippen LogP contribution in [0, 0.1) is 34.1 Å². The van der Waals surface area contributed by atoms with Crippen LogP contribution in [0.4, 0.5) is 17.1 Å². The molecular formula is C19H16ClN5O6. The summed E-state index contributed by atoms with van der Waals surface area (Å²) in [5.74, 6) is -0.0842. The molecule has 1 N–H and O–H groups in total. The van der Waals surface area contributed by atoms with Crippen molar-refractivity contribution in [2.45, 2.75) is 20.6 Å². The van der Waals surface area contributed by atoms with E-state index in [0.29, 0.717) is 10.8 Å². The summed E-state index contributed by atoms with van der Waals surface area (Å²) >= 11 is 5.91. The van der Waals surface area contributed by atoms with Gasteiger partial charge in [0, 0.05) is 23.4 Å². The van der Waals surface area contributed by atoms with Crippen LogP contribution in [0.3, 0.4) is 0 Å². The van der Waals surface area contributed by atoms with E-state index in [1.54, 1.807) is 18.2 Å². The van der Waals surface area contributed by atoms with Crippen molar-refractivity contribution < 1.29 is 19.4 Å². The van der Waals surface area contributed by atoms with E-state index in [2.05, 4.69) is 10.4 Å². The molecule has 0 saturated carbocycles. The van der Waals surface area contributed by atoms with Crippen molar-refractivity contribution in [3.63, 3.8) is 0 Å². The third kappa shape index (κ3) is 4.95. The summed E-state index contributed by atoms with van der Waals surface area (Å²) in [5.41, 5.74) is -0.297. The molecule has 1 aromatic heterocycles. The van der Waals surface area contributed by atoms with E-state index >= 15 is 0 Å². The highest BCUT2D eigenvalue weighted by atomic mass is 35.5. The summed E-state index contributed by atoms with van der Waals surface area (Å²) < 4.78 is 7.02. The summed E-state index contributed by atoms with van der Waals surface area (Å²) in [7, 11) is 0. The monoisotopic (exact) mass is 445 g/mol. The fraction of sp³-hybridized carbons (Fsp3) is 0.158. The van der Waals surface area contributed by atoms with Crippen LogP contribution in [-0.4, -0.2) is 25.5 Å². The average molecular weight is 446 g/mol. The van der Waals surface area contributed by atoms with E-state index in [1.807, 2.05) is 6.92 Å². The highest BCUT2D eigenvalue weighted by Gasteiger charge is 2.24. The van der Waals surface area contributed by atoms with Crippen LogP contribution < -0.4 is 10.1 Å². The van der Waals surface area contributed by atoms with Crippen molar-refractivity contribution in [2.75, 3.05) is 5.32 Å². The molecule has 31 heavy (non-hydrogen) atoms. The molecule has 160 valence electrons. The highest BCUT2D eigenvalue weighted by Crippen LogP contribution is 2.31. The number of anilines is 1. The molecule has 0 atom stereocenters. The lowest BCUT2D eigenvalue weighted by atomic mass is 10.1. The van der Waals surface area contributed by atoms with Crippen LogP contribution in [0.5, 0.6) is 5.75 Å². The topological polar surface area (TPSA) is 142 Å². The second-order valence-corrected chi connectivity index (χ2v) is 6.97. The largest absolute Gasteiger partial charge is 0.471 e. The molecule has 0 aliphatic rings. The van der Waals surface area contributed by atoms with Gasteiger partial charge >= 0.3 is 0 Å². The summed E-state index contributed by atoms with van der Waals surface area (Å²) in [5, 5.41) is 29.4. The van der Waals surface area contributed by atoms with E-state index in [1.165, 1.54) is 23.9 Å². The van der Waals surface area contributed by atoms with Crippen LogP contribution in [0.25, 0.3) is 0 Å². The number of ether oxygens (including phenoxy) is 1. The Morgan fingerprint density at radius 3 is 2.35 bits per heavy atom. The minimum absolute atomic E-state index is 0.00214. The van der Waals surface area contributed by atoms with Crippen molar-refractivity contribution in [3.05, 3.63) is 84.7 Å². The van der Waals surface area contributed by atoms with Gasteiger partial charge in [-0.3, -0.25) is 25.0 Å². The minimum Gasteiger partial charge on any atom is -0.471 e. The number of hydrogen-bond acceptors (Lipinski definition) is 7. The van der Waals surface area contributed by atoms with E-state index in [9.17, 15) is 25.0 Å². The smallest absolute Gasteiger partial charge is 0.281 e. The third-order valence-corrected chi connectivity index (χ3v) is 4.60. The van der Waals surface area contributed by atoms with Gasteiger partial charge in [0.1, 0.15) is 11.3 Å². The second kappa shape index (κ2) is 8.79. The van der Waals surface area contributed by atoms with Gasteiger partial charge in [0.15, 0.2) is 12.4 Å². The standard InChI is InChI=1S/C19H16ClN5O6/c1-11-7-13(20)3-4-18(11)31-10-23-6-5-15(22-23)19(26)21-14-8-16(24(27)28)12(2)17(9-14)25(29)30/h3-9H,10H2,1-2H3,(H,21,26). The Kier molecular flexibility index (Phi) is 6.16. The number of halogens is 1. The third-order valence-electron chi connectivity index (χ3n) is 4.37. The Morgan fingerprint density at radius 1 is 1.13 bits per heavy atom. The molecule has 3 rings (SSSR count). The summed E-state index contributed by atoms with van der Waals surface area (Å²) in [6.45, 7) is 3.13. The summed E-state index contributed by atoms with van der Waals surface area (Å²) in [6.07, 6.45) is 1.51. The van der Waals surface area contributed by atoms with Crippen LogP contribution in [-0.2, 0) is 6.73 Å². The van der Waals surface area contributed by atoms with Gasteiger partial charge in [-0.25, -0.2) is 4.68 Å². The molecular weight excluding hydrogens is 430 g/mol. The number of amides is 1. The number of benzene rings is 2. The molecule has 0 fully saturated rings. The van der Waals surface area contributed by atoms with Crippen molar-refractivity contribution in [2.24, 2.45) is 0 Å². The van der Waals surface area contributed by atoms with Crippen molar-refractivity contribution in [3.8, 4) is 5.75 Å². The van der Waals surface area contributed by atoms with Crippen LogP contribution in [0.15, 0.2) is 42.6 Å². The SMILES string of the molecule is Cc1cc(Cl)ccc1OCn1ccc(C(=O)Nc2cc([N+](=O)[O-])c(C)c([N+](=O)[O-])c2)n1. The van der Waals surface area contributed by atoms with E-state index in [4.69, 9.17) is 16.3 Å². The molecule has 11 nitrogen and oxygen atoms in total. The number of nitrogens with one attached hydrogen (secondary N) is 1. The normalized spacial score (nSPS) is 10.5. The molecule has 0 unspecified atom stereocenters. The van der Waals surface area contributed by atoms with Gasteiger partial charge < -0.3 is 10.1 Å². The highest BCUT2D eigenvalue weighted by molar-refractivity contribution is 6.30. The molecule has 0 aliphatic heterocycles. The van der Waals surface area contributed by atoms with Crippen molar-refractivity contribution >= 4 is 34.6 Å². The quantitative estimate of drug-likeness (QED) is 0.422. The first-order valence-electron chi connectivity index (χ1n) is 8.83. The molecule has 2 aromatic carbocycles. The number of nitrogens with zero attached hydrogens (tertiary/aromatic N) is 4. The minimum atomic E-state index is -0.747. The molecule has 12 heteroatoms. The Balaban J connectivity index is 1.74. The zero-order valence-corrected chi connectivity index (χ0v) is 17.1.